The summed E-state index contributed by atoms with van der Waals surface area (Å²) < 4.78 is 26.6. The summed E-state index contributed by atoms with van der Waals surface area (Å²) in [5.74, 6) is 0. The van der Waals surface area contributed by atoms with Gasteiger partial charge >= 0.3 is 0 Å². The summed E-state index contributed by atoms with van der Waals surface area (Å²) in [4.78, 5) is 0. The van der Waals surface area contributed by atoms with Crippen LogP contribution in [-0.2, 0) is 10.0 Å². The van der Waals surface area contributed by atoms with Crippen molar-refractivity contribution in [3.63, 3.8) is 0 Å². The smallest absolute Gasteiger partial charge is 0.236 e. The molecule has 0 bridgehead atoms. The Morgan fingerprint density at radius 3 is 2.53 bits per heavy atom. The summed E-state index contributed by atoms with van der Waals surface area (Å²) in [7, 11) is -3.29. The second kappa shape index (κ2) is 5.06. The number of anilines is 1. The topological polar surface area (TPSA) is 58.2 Å². The van der Waals surface area contributed by atoms with Crippen molar-refractivity contribution in [2.45, 2.75) is 31.1 Å². The zero-order chi connectivity index (χ0) is 12.3. The minimum Gasteiger partial charge on any atom is -0.313 e. The Morgan fingerprint density at radius 1 is 1.29 bits per heavy atom. The van der Waals surface area contributed by atoms with Crippen molar-refractivity contribution in [1.29, 1.82) is 0 Å². The summed E-state index contributed by atoms with van der Waals surface area (Å²) in [5, 5.41) is 2.80. The van der Waals surface area contributed by atoms with Gasteiger partial charge in [0.15, 0.2) is 0 Å². The molecule has 1 fully saturated rings. The number of hydrogen-bond donors (Lipinski definition) is 2. The van der Waals surface area contributed by atoms with Crippen LogP contribution in [0, 0.1) is 0 Å². The maximum Gasteiger partial charge on any atom is 0.236 e. The summed E-state index contributed by atoms with van der Waals surface area (Å²) in [6.07, 6.45) is 2.33. The lowest BCUT2D eigenvalue weighted by Crippen LogP contribution is -2.35. The van der Waals surface area contributed by atoms with Crippen molar-refractivity contribution < 1.29 is 8.42 Å². The Kier molecular flexibility index (Phi) is 3.69. The van der Waals surface area contributed by atoms with Crippen LogP contribution in [0.5, 0.6) is 0 Å². The largest absolute Gasteiger partial charge is 0.313 e. The van der Waals surface area contributed by atoms with Crippen LogP contribution in [0.4, 0.5) is 5.69 Å². The van der Waals surface area contributed by atoms with E-state index in [1.54, 1.807) is 19.1 Å². The molecule has 0 radical (unpaired) electrons. The lowest BCUT2D eigenvalue weighted by atomic mass is 10.3. The molecule has 1 aromatic carbocycles. The van der Waals surface area contributed by atoms with Crippen LogP contribution in [0.25, 0.3) is 0 Å². The van der Waals surface area contributed by atoms with Crippen molar-refractivity contribution in [3.05, 3.63) is 30.3 Å². The normalized spacial score (nSPS) is 17.7. The monoisotopic (exact) mass is 254 g/mol. The summed E-state index contributed by atoms with van der Waals surface area (Å²) >= 11 is 0. The van der Waals surface area contributed by atoms with E-state index in [9.17, 15) is 8.42 Å². The molecule has 0 aliphatic heterocycles. The first-order chi connectivity index (χ1) is 8.08. The van der Waals surface area contributed by atoms with Crippen LogP contribution in [0.3, 0.4) is 0 Å². The molecule has 1 atom stereocenters. The van der Waals surface area contributed by atoms with Crippen LogP contribution < -0.4 is 10.0 Å². The van der Waals surface area contributed by atoms with Gasteiger partial charge in [0, 0.05) is 18.3 Å². The Balaban J connectivity index is 1.92. The highest BCUT2D eigenvalue weighted by Gasteiger charge is 2.25. The summed E-state index contributed by atoms with van der Waals surface area (Å²) in [6.45, 7) is 2.23. The molecule has 1 aliphatic rings. The lowest BCUT2D eigenvalue weighted by Gasteiger charge is -2.15. The standard InChI is InChI=1S/C12H18N2O2S/c1-10(9-13-11-7-8-11)17(15,16)14-12-5-3-2-4-6-12/h2-6,10-11,13-14H,7-9H2,1H3. The molecule has 0 aromatic heterocycles. The zero-order valence-electron chi connectivity index (χ0n) is 9.89. The van der Waals surface area contributed by atoms with Crippen LogP contribution in [-0.4, -0.2) is 26.3 Å². The maximum absolute atomic E-state index is 12.0. The minimum atomic E-state index is -3.29. The highest BCUT2D eigenvalue weighted by atomic mass is 32.2. The van der Waals surface area contributed by atoms with Crippen molar-refractivity contribution in [1.82, 2.24) is 5.32 Å². The van der Waals surface area contributed by atoms with Crippen LogP contribution >= 0.6 is 0 Å². The number of para-hydroxylation sites is 1. The van der Waals surface area contributed by atoms with Gasteiger partial charge < -0.3 is 5.32 Å². The van der Waals surface area contributed by atoms with Crippen molar-refractivity contribution in [3.8, 4) is 0 Å². The van der Waals surface area contributed by atoms with E-state index in [-0.39, 0.29) is 0 Å². The molecule has 0 amide bonds. The number of hydrogen-bond acceptors (Lipinski definition) is 3. The number of nitrogens with one attached hydrogen (secondary N) is 2. The molecule has 94 valence electrons. The van der Waals surface area contributed by atoms with E-state index in [2.05, 4.69) is 10.0 Å². The van der Waals surface area contributed by atoms with E-state index in [0.717, 1.165) is 0 Å². The van der Waals surface area contributed by atoms with Gasteiger partial charge in [-0.25, -0.2) is 8.42 Å². The van der Waals surface area contributed by atoms with Gasteiger partial charge in [0.1, 0.15) is 0 Å². The van der Waals surface area contributed by atoms with Crippen LogP contribution in [0.15, 0.2) is 30.3 Å². The Labute approximate surface area is 102 Å². The van der Waals surface area contributed by atoms with Gasteiger partial charge in [0.05, 0.1) is 5.25 Å². The fourth-order valence-corrected chi connectivity index (χ4v) is 2.48. The van der Waals surface area contributed by atoms with E-state index in [1.165, 1.54) is 12.8 Å². The van der Waals surface area contributed by atoms with E-state index < -0.39 is 15.3 Å². The van der Waals surface area contributed by atoms with Crippen molar-refractivity contribution in [2.75, 3.05) is 11.3 Å². The third-order valence-electron chi connectivity index (χ3n) is 2.83. The van der Waals surface area contributed by atoms with Crippen LogP contribution in [0.2, 0.25) is 0 Å². The van der Waals surface area contributed by atoms with Crippen molar-refractivity contribution in [2.24, 2.45) is 0 Å². The van der Waals surface area contributed by atoms with Gasteiger partial charge in [-0.15, -0.1) is 0 Å². The molecule has 0 heterocycles. The summed E-state index contributed by atoms with van der Waals surface area (Å²) in [5.41, 5.74) is 0.616. The van der Waals surface area contributed by atoms with E-state index in [4.69, 9.17) is 0 Å². The molecule has 1 aliphatic carbocycles. The molecule has 1 aromatic rings. The molecule has 2 N–H and O–H groups in total. The van der Waals surface area contributed by atoms with E-state index >= 15 is 0 Å². The van der Waals surface area contributed by atoms with Gasteiger partial charge in [-0.05, 0) is 31.9 Å². The molecule has 0 saturated heterocycles. The number of benzene rings is 1. The first-order valence-electron chi connectivity index (χ1n) is 5.88. The second-order valence-electron chi connectivity index (χ2n) is 4.51. The van der Waals surface area contributed by atoms with Gasteiger partial charge in [-0.2, -0.15) is 0 Å². The molecule has 1 saturated carbocycles. The molecule has 1 unspecified atom stereocenters. The average molecular weight is 254 g/mol. The Hall–Kier alpha value is -1.07. The van der Waals surface area contributed by atoms with Crippen molar-refractivity contribution >= 4 is 15.7 Å². The quantitative estimate of drug-likeness (QED) is 0.810. The molecule has 5 heteroatoms. The highest BCUT2D eigenvalue weighted by molar-refractivity contribution is 7.93. The number of rotatable bonds is 6. The SMILES string of the molecule is CC(CNC1CC1)S(=O)(=O)Nc1ccccc1. The van der Waals surface area contributed by atoms with Gasteiger partial charge in [-0.3, -0.25) is 4.72 Å². The Morgan fingerprint density at radius 2 is 1.94 bits per heavy atom. The molecule has 4 nitrogen and oxygen atoms in total. The molecular formula is C12H18N2O2S. The van der Waals surface area contributed by atoms with Crippen LogP contribution in [0.1, 0.15) is 19.8 Å². The predicted molar refractivity (Wildman–Crippen MR) is 69.5 cm³/mol. The third kappa shape index (κ3) is 3.71. The van der Waals surface area contributed by atoms with Gasteiger partial charge in [-0.1, -0.05) is 18.2 Å². The molecule has 0 spiro atoms. The predicted octanol–water partition coefficient (Wildman–Crippen LogP) is 1.57. The number of sulfonamides is 1. The second-order valence-corrected chi connectivity index (χ2v) is 6.61. The third-order valence-corrected chi connectivity index (χ3v) is 4.58. The molecule has 2 rings (SSSR count). The summed E-state index contributed by atoms with van der Waals surface area (Å²) in [6, 6.07) is 9.51. The minimum absolute atomic E-state index is 0.427. The molecule has 17 heavy (non-hydrogen) atoms. The maximum atomic E-state index is 12.0. The van der Waals surface area contributed by atoms with Gasteiger partial charge in [0.2, 0.25) is 10.0 Å². The van der Waals surface area contributed by atoms with E-state index in [1.807, 2.05) is 18.2 Å². The fraction of sp³-hybridized carbons (Fsp3) is 0.500. The highest BCUT2D eigenvalue weighted by Crippen LogP contribution is 2.19. The first kappa shape index (κ1) is 12.4. The van der Waals surface area contributed by atoms with Gasteiger partial charge in [0.25, 0.3) is 0 Å². The van der Waals surface area contributed by atoms with E-state index in [0.29, 0.717) is 18.3 Å². The lowest BCUT2D eigenvalue weighted by molar-refractivity contribution is 0.576. The zero-order valence-corrected chi connectivity index (χ0v) is 10.7. The average Bonchev–Trinajstić information content (AvgIpc) is 3.10. The fourth-order valence-electron chi connectivity index (χ4n) is 1.50. The molecular weight excluding hydrogens is 236 g/mol. The Bertz CT molecular complexity index is 455. The first-order valence-corrected chi connectivity index (χ1v) is 7.42.